The van der Waals surface area contributed by atoms with E-state index in [0.717, 1.165) is 0 Å². The van der Waals surface area contributed by atoms with Crippen LogP contribution >= 0.6 is 0 Å². The van der Waals surface area contributed by atoms with Gasteiger partial charge in [0.25, 0.3) is 0 Å². The van der Waals surface area contributed by atoms with Crippen molar-refractivity contribution in [1.82, 2.24) is 0 Å². The van der Waals surface area contributed by atoms with E-state index in [0.29, 0.717) is 12.0 Å². The van der Waals surface area contributed by atoms with Gasteiger partial charge >= 0.3 is 5.97 Å². The van der Waals surface area contributed by atoms with Crippen LogP contribution < -0.4 is 0 Å². The first-order chi connectivity index (χ1) is 6.82. The highest BCUT2D eigenvalue weighted by molar-refractivity contribution is 6.69. The minimum absolute atomic E-state index is 0.334. The number of hydrogen-bond donors (Lipinski definition) is 0. The van der Waals surface area contributed by atoms with Crippen molar-refractivity contribution in [2.45, 2.75) is 31.7 Å². The number of nitrogens with zero attached hydrogens (tertiary/aromatic N) is 1. The monoisotopic (exact) mass is 225 g/mol. The van der Waals surface area contributed by atoms with E-state index >= 15 is 0 Å². The van der Waals surface area contributed by atoms with Gasteiger partial charge in [-0.3, -0.25) is 0 Å². The van der Waals surface area contributed by atoms with Gasteiger partial charge in [-0.1, -0.05) is 0 Å². The first-order valence-electron chi connectivity index (χ1n) is 4.73. The molecule has 0 amide bonds. The smallest absolute Gasteiger partial charge is 0.333 e. The Kier molecular flexibility index (Phi) is 3.02. The van der Waals surface area contributed by atoms with Gasteiger partial charge in [0.1, 0.15) is 6.07 Å². The van der Waals surface area contributed by atoms with Gasteiger partial charge in [-0.15, -0.1) is 0 Å². The van der Waals surface area contributed by atoms with Crippen LogP contribution in [0.1, 0.15) is 6.42 Å². The van der Waals surface area contributed by atoms with Gasteiger partial charge in [-0.25, -0.2) is 4.79 Å². The molecule has 15 heavy (non-hydrogen) atoms. The Balaban J connectivity index is 2.76. The summed E-state index contributed by atoms with van der Waals surface area (Å²) in [5, 5.41) is 9.02. The maximum Gasteiger partial charge on any atom is 0.333 e. The van der Waals surface area contributed by atoms with Crippen molar-refractivity contribution >= 4 is 14.3 Å². The van der Waals surface area contributed by atoms with Crippen LogP contribution in [-0.2, 0) is 14.0 Å². The van der Waals surface area contributed by atoms with E-state index in [1.807, 2.05) is 19.6 Å². The first-order valence-corrected chi connectivity index (χ1v) is 8.14. The Labute approximate surface area is 90.6 Å². The van der Waals surface area contributed by atoms with Gasteiger partial charge < -0.3 is 9.16 Å². The molecular weight excluding hydrogens is 210 g/mol. The summed E-state index contributed by atoms with van der Waals surface area (Å²) in [6.45, 7) is 6.03. The molecule has 0 aliphatic heterocycles. The lowest BCUT2D eigenvalue weighted by atomic mass is 9.83. The van der Waals surface area contributed by atoms with Crippen LogP contribution in [0.5, 0.6) is 0 Å². The minimum Gasteiger partial charge on any atom is -0.466 e. The Morgan fingerprint density at radius 1 is 1.60 bits per heavy atom. The molecule has 0 aromatic rings. The Hall–Kier alpha value is -1.12. The number of rotatable bonds is 3. The van der Waals surface area contributed by atoms with E-state index < -0.39 is 13.9 Å². The third-order valence-corrected chi connectivity index (χ3v) is 2.96. The fraction of sp³-hybridized carbons (Fsp3) is 0.600. The van der Waals surface area contributed by atoms with Crippen LogP contribution in [0.4, 0.5) is 0 Å². The lowest BCUT2D eigenvalue weighted by Gasteiger charge is -2.37. The summed E-state index contributed by atoms with van der Waals surface area (Å²) < 4.78 is 10.3. The summed E-state index contributed by atoms with van der Waals surface area (Å²) in [5.41, 5.74) is -0.370. The average molecular weight is 225 g/mol. The van der Waals surface area contributed by atoms with Gasteiger partial charge in [0.05, 0.1) is 7.11 Å². The van der Waals surface area contributed by atoms with Crippen LogP contribution in [-0.4, -0.2) is 27.0 Å². The predicted molar refractivity (Wildman–Crippen MR) is 57.5 cm³/mol. The second-order valence-corrected chi connectivity index (χ2v) is 8.98. The molecule has 0 fully saturated rings. The van der Waals surface area contributed by atoms with E-state index in [2.05, 4.69) is 10.8 Å². The molecule has 82 valence electrons. The summed E-state index contributed by atoms with van der Waals surface area (Å²) in [7, 11) is -0.449. The largest absolute Gasteiger partial charge is 0.466 e. The van der Waals surface area contributed by atoms with Crippen molar-refractivity contribution in [2.75, 3.05) is 7.11 Å². The molecule has 4 nitrogen and oxygen atoms in total. The van der Waals surface area contributed by atoms with Gasteiger partial charge in [0, 0.05) is 12.0 Å². The normalized spacial score (nSPS) is 24.9. The molecule has 1 aliphatic rings. The third kappa shape index (κ3) is 2.67. The van der Waals surface area contributed by atoms with E-state index in [9.17, 15) is 4.79 Å². The number of ether oxygens (including phenoxy) is 1. The Morgan fingerprint density at radius 3 is 2.47 bits per heavy atom. The molecule has 5 heteroatoms. The minimum atomic E-state index is -1.78. The highest BCUT2D eigenvalue weighted by atomic mass is 28.4. The third-order valence-electron chi connectivity index (χ3n) is 1.99. The fourth-order valence-electron chi connectivity index (χ4n) is 1.50. The summed E-state index contributed by atoms with van der Waals surface area (Å²) in [6, 6.07) is 2.11. The maximum absolute atomic E-state index is 11.1. The lowest BCUT2D eigenvalue weighted by Crippen LogP contribution is -2.46. The molecule has 0 saturated carbocycles. The highest BCUT2D eigenvalue weighted by Crippen LogP contribution is 2.36. The molecular formula is C10H15NO3Si. The van der Waals surface area contributed by atoms with E-state index in [-0.39, 0.29) is 5.97 Å². The lowest BCUT2D eigenvalue weighted by molar-refractivity contribution is -0.137. The SMILES string of the molecule is COC(=O)C1=CC(C#N)(O[Si](C)(C)C)C1. The molecule has 1 unspecified atom stereocenters. The van der Waals surface area contributed by atoms with Crippen LogP contribution in [0.3, 0.4) is 0 Å². The second-order valence-electron chi connectivity index (χ2n) is 4.55. The zero-order valence-corrected chi connectivity index (χ0v) is 10.5. The first kappa shape index (κ1) is 11.9. The van der Waals surface area contributed by atoms with E-state index in [4.69, 9.17) is 9.69 Å². The quantitative estimate of drug-likeness (QED) is 0.541. The molecule has 0 radical (unpaired) electrons. The molecule has 1 aliphatic carbocycles. The molecule has 1 rings (SSSR count). The van der Waals surface area contributed by atoms with Crippen LogP contribution in [0, 0.1) is 11.3 Å². The number of esters is 1. The Morgan fingerprint density at radius 2 is 2.13 bits per heavy atom. The van der Waals surface area contributed by atoms with Crippen LogP contribution in [0.2, 0.25) is 19.6 Å². The van der Waals surface area contributed by atoms with Gasteiger partial charge in [0.2, 0.25) is 0 Å². The summed E-state index contributed by atoms with van der Waals surface area (Å²) in [4.78, 5) is 11.1. The molecule has 0 spiro atoms. The van der Waals surface area contributed by atoms with Crippen molar-refractivity contribution in [3.8, 4) is 6.07 Å². The van der Waals surface area contributed by atoms with Gasteiger partial charge in [-0.2, -0.15) is 5.26 Å². The number of carbonyl (C=O) groups is 1. The molecule has 0 heterocycles. The average Bonchev–Trinajstić information content (AvgIpc) is 2.07. The molecule has 0 N–H and O–H groups in total. The molecule has 0 saturated heterocycles. The summed E-state index contributed by atoms with van der Waals surface area (Å²) in [6.07, 6.45) is 1.90. The zero-order valence-electron chi connectivity index (χ0n) is 9.46. The number of hydrogen-bond acceptors (Lipinski definition) is 4. The van der Waals surface area contributed by atoms with Gasteiger partial charge in [-0.05, 0) is 25.7 Å². The second kappa shape index (κ2) is 3.80. The van der Waals surface area contributed by atoms with Crippen molar-refractivity contribution in [2.24, 2.45) is 0 Å². The Bertz CT molecular complexity index is 351. The highest BCUT2D eigenvalue weighted by Gasteiger charge is 2.44. The van der Waals surface area contributed by atoms with Crippen molar-refractivity contribution in [3.05, 3.63) is 11.6 Å². The zero-order chi connectivity index (χ0) is 11.7. The fourth-order valence-corrected chi connectivity index (χ4v) is 2.77. The summed E-state index contributed by atoms with van der Waals surface area (Å²) >= 11 is 0. The van der Waals surface area contributed by atoms with E-state index in [1.54, 1.807) is 6.08 Å². The maximum atomic E-state index is 11.1. The van der Waals surface area contributed by atoms with Crippen molar-refractivity contribution in [3.63, 3.8) is 0 Å². The molecule has 0 aromatic heterocycles. The van der Waals surface area contributed by atoms with E-state index in [1.165, 1.54) is 7.11 Å². The number of carbonyl (C=O) groups excluding carboxylic acids is 1. The standard InChI is InChI=1S/C10H15NO3Si/c1-13-9(12)8-5-10(6-8,7-11)14-15(2,3)4/h5H,6H2,1-4H3. The topological polar surface area (TPSA) is 59.3 Å². The molecule has 0 bridgehead atoms. The van der Waals surface area contributed by atoms with Crippen LogP contribution in [0.15, 0.2) is 11.6 Å². The summed E-state index contributed by atoms with van der Waals surface area (Å²) in [5.74, 6) is -0.375. The molecule has 0 aromatic carbocycles. The predicted octanol–water partition coefficient (Wildman–Crippen LogP) is 1.60. The number of methoxy groups -OCH3 is 1. The van der Waals surface area contributed by atoms with Crippen molar-refractivity contribution < 1.29 is 14.0 Å². The van der Waals surface area contributed by atoms with Gasteiger partial charge in [0.15, 0.2) is 13.9 Å². The molecule has 1 atom stereocenters. The van der Waals surface area contributed by atoms with Crippen LogP contribution in [0.25, 0.3) is 0 Å². The van der Waals surface area contributed by atoms with Crippen molar-refractivity contribution in [1.29, 1.82) is 5.26 Å². The number of nitriles is 1.